The second-order valence-corrected chi connectivity index (χ2v) is 5.68. The molecule has 0 fully saturated rings. The zero-order valence-electron chi connectivity index (χ0n) is 12.4. The van der Waals surface area contributed by atoms with Crippen molar-refractivity contribution in [1.29, 1.82) is 0 Å². The number of hydrazine groups is 1. The molecule has 0 spiro atoms. The Hall–Kier alpha value is -1.72. The Morgan fingerprint density at radius 3 is 2.62 bits per heavy atom. The maximum Gasteiger partial charge on any atom is 0.161 e. The lowest BCUT2D eigenvalue weighted by atomic mass is 10.1. The summed E-state index contributed by atoms with van der Waals surface area (Å²) in [6, 6.07) is 11.7. The van der Waals surface area contributed by atoms with Crippen molar-refractivity contribution in [3.05, 3.63) is 52.0 Å². The molecule has 0 radical (unpaired) electrons. The molecule has 0 aliphatic carbocycles. The molecule has 2 rings (SSSR count). The van der Waals surface area contributed by atoms with E-state index in [1.807, 2.05) is 50.4 Å². The van der Waals surface area contributed by atoms with E-state index in [9.17, 15) is 0 Å². The van der Waals surface area contributed by atoms with Crippen molar-refractivity contribution >= 4 is 21.6 Å². The van der Waals surface area contributed by atoms with E-state index in [2.05, 4.69) is 15.9 Å². The number of nitrogens with two attached hydrogens (primary N) is 1. The van der Waals surface area contributed by atoms with E-state index in [1.54, 1.807) is 12.1 Å². The number of ether oxygens (including phenoxy) is 2. The molecule has 0 saturated heterocycles. The summed E-state index contributed by atoms with van der Waals surface area (Å²) >= 11 is 3.42. The number of nitrogens with zero attached hydrogens (tertiary/aromatic N) is 1. The first-order valence-corrected chi connectivity index (χ1v) is 7.35. The van der Waals surface area contributed by atoms with Gasteiger partial charge in [-0.15, -0.1) is 0 Å². The van der Waals surface area contributed by atoms with Gasteiger partial charge in [0.05, 0.1) is 12.8 Å². The summed E-state index contributed by atoms with van der Waals surface area (Å²) in [5, 5.41) is 1.60. The fraction of sp³-hybridized carbons (Fsp3) is 0.250. The minimum Gasteiger partial charge on any atom is -0.493 e. The second kappa shape index (κ2) is 6.83. The summed E-state index contributed by atoms with van der Waals surface area (Å²) in [6.45, 7) is 2.48. The maximum absolute atomic E-state index is 5.91. The fourth-order valence-electron chi connectivity index (χ4n) is 2.12. The van der Waals surface area contributed by atoms with Crippen molar-refractivity contribution in [2.24, 2.45) is 5.84 Å². The van der Waals surface area contributed by atoms with Gasteiger partial charge in [0, 0.05) is 17.1 Å². The molecule has 0 aromatic heterocycles. The predicted octanol–water partition coefficient (Wildman–Crippen LogP) is 3.66. The van der Waals surface area contributed by atoms with E-state index < -0.39 is 0 Å². The highest BCUT2D eigenvalue weighted by molar-refractivity contribution is 9.10. The topological polar surface area (TPSA) is 47.7 Å². The van der Waals surface area contributed by atoms with Crippen LogP contribution in [0.1, 0.15) is 11.1 Å². The van der Waals surface area contributed by atoms with Crippen LogP contribution in [0.25, 0.3) is 0 Å². The Labute approximate surface area is 133 Å². The highest BCUT2D eigenvalue weighted by Gasteiger charge is 2.11. The largest absolute Gasteiger partial charge is 0.493 e. The van der Waals surface area contributed by atoms with Gasteiger partial charge in [-0.05, 0) is 36.8 Å². The first kappa shape index (κ1) is 15.7. The molecule has 5 heteroatoms. The van der Waals surface area contributed by atoms with Crippen molar-refractivity contribution in [3.8, 4) is 11.5 Å². The van der Waals surface area contributed by atoms with Crippen LogP contribution in [0, 0.1) is 6.92 Å². The number of anilines is 1. The minimum absolute atomic E-state index is 0.432. The Balaban J connectivity index is 2.25. The first-order chi connectivity index (χ1) is 10.0. The van der Waals surface area contributed by atoms with Crippen LogP contribution < -0.4 is 20.3 Å². The first-order valence-electron chi connectivity index (χ1n) is 6.56. The molecule has 2 aromatic carbocycles. The third kappa shape index (κ3) is 3.68. The van der Waals surface area contributed by atoms with Gasteiger partial charge in [-0.25, -0.2) is 5.84 Å². The summed E-state index contributed by atoms with van der Waals surface area (Å²) in [5.41, 5.74) is 3.15. The standard InChI is InChI=1S/C16H19BrN2O2/c1-11-5-4-6-14(19(2)18)13(11)10-21-15-8-7-12(17)9-16(15)20-3/h4-9H,10,18H2,1-3H3. The lowest BCUT2D eigenvalue weighted by molar-refractivity contribution is 0.284. The molecule has 0 bridgehead atoms. The summed E-state index contributed by atoms with van der Waals surface area (Å²) in [7, 11) is 3.44. The summed E-state index contributed by atoms with van der Waals surface area (Å²) in [6.07, 6.45) is 0. The SMILES string of the molecule is COc1cc(Br)ccc1OCc1c(C)cccc1N(C)N. The van der Waals surface area contributed by atoms with Crippen molar-refractivity contribution in [2.75, 3.05) is 19.2 Å². The molecule has 21 heavy (non-hydrogen) atoms. The van der Waals surface area contributed by atoms with Crippen molar-refractivity contribution in [2.45, 2.75) is 13.5 Å². The molecule has 0 aliphatic heterocycles. The van der Waals surface area contributed by atoms with Crippen LogP contribution in [-0.4, -0.2) is 14.2 Å². The number of rotatable bonds is 5. The third-order valence-corrected chi connectivity index (χ3v) is 3.76. The van der Waals surface area contributed by atoms with Gasteiger partial charge in [0.2, 0.25) is 0 Å². The summed E-state index contributed by atoms with van der Waals surface area (Å²) < 4.78 is 12.2. The smallest absolute Gasteiger partial charge is 0.161 e. The van der Waals surface area contributed by atoms with Gasteiger partial charge in [0.1, 0.15) is 6.61 Å². The molecule has 0 aliphatic rings. The number of aryl methyl sites for hydroxylation is 1. The monoisotopic (exact) mass is 350 g/mol. The lowest BCUT2D eigenvalue weighted by Crippen LogP contribution is -2.26. The fourth-order valence-corrected chi connectivity index (χ4v) is 2.46. The van der Waals surface area contributed by atoms with Crippen LogP contribution in [-0.2, 0) is 6.61 Å². The third-order valence-electron chi connectivity index (χ3n) is 3.26. The van der Waals surface area contributed by atoms with Crippen LogP contribution in [0.3, 0.4) is 0 Å². The highest BCUT2D eigenvalue weighted by atomic mass is 79.9. The second-order valence-electron chi connectivity index (χ2n) is 4.77. The zero-order chi connectivity index (χ0) is 15.4. The zero-order valence-corrected chi connectivity index (χ0v) is 14.0. The average molecular weight is 351 g/mol. The van der Waals surface area contributed by atoms with Gasteiger partial charge in [-0.2, -0.15) is 0 Å². The lowest BCUT2D eigenvalue weighted by Gasteiger charge is -2.19. The van der Waals surface area contributed by atoms with E-state index in [1.165, 1.54) is 0 Å². The number of hydrogen-bond acceptors (Lipinski definition) is 4. The van der Waals surface area contributed by atoms with E-state index in [0.29, 0.717) is 18.1 Å². The van der Waals surface area contributed by atoms with Gasteiger partial charge in [-0.1, -0.05) is 28.1 Å². The van der Waals surface area contributed by atoms with Gasteiger partial charge < -0.3 is 14.5 Å². The number of benzene rings is 2. The molecule has 0 amide bonds. The molecule has 112 valence electrons. The molecule has 4 nitrogen and oxygen atoms in total. The predicted molar refractivity (Wildman–Crippen MR) is 88.8 cm³/mol. The molecule has 2 aromatic rings. The molecule has 0 saturated carbocycles. The van der Waals surface area contributed by atoms with Gasteiger partial charge in [0.15, 0.2) is 11.5 Å². The minimum atomic E-state index is 0.432. The molecule has 0 heterocycles. The molecule has 0 unspecified atom stereocenters. The molecule has 2 N–H and O–H groups in total. The van der Waals surface area contributed by atoms with Crippen LogP contribution in [0.4, 0.5) is 5.69 Å². The average Bonchev–Trinajstić information content (AvgIpc) is 2.46. The maximum atomic E-state index is 5.91. The quantitative estimate of drug-likeness (QED) is 0.660. The Bertz CT molecular complexity index is 630. The van der Waals surface area contributed by atoms with Crippen LogP contribution in [0.5, 0.6) is 11.5 Å². The molecule has 0 atom stereocenters. The van der Waals surface area contributed by atoms with E-state index in [-0.39, 0.29) is 0 Å². The Kier molecular flexibility index (Phi) is 5.09. The van der Waals surface area contributed by atoms with Crippen molar-refractivity contribution in [1.82, 2.24) is 0 Å². The summed E-state index contributed by atoms with van der Waals surface area (Å²) in [4.78, 5) is 0. The highest BCUT2D eigenvalue weighted by Crippen LogP contribution is 2.32. The van der Waals surface area contributed by atoms with Gasteiger partial charge in [0.25, 0.3) is 0 Å². The number of methoxy groups -OCH3 is 1. The van der Waals surface area contributed by atoms with Crippen molar-refractivity contribution < 1.29 is 9.47 Å². The number of halogens is 1. The molecular formula is C16H19BrN2O2. The van der Waals surface area contributed by atoms with Crippen LogP contribution in [0.2, 0.25) is 0 Å². The van der Waals surface area contributed by atoms with Gasteiger partial charge in [-0.3, -0.25) is 0 Å². The normalized spacial score (nSPS) is 10.3. The summed E-state index contributed by atoms with van der Waals surface area (Å²) in [5.74, 6) is 7.27. The van der Waals surface area contributed by atoms with Crippen LogP contribution in [0.15, 0.2) is 40.9 Å². The Morgan fingerprint density at radius 2 is 1.95 bits per heavy atom. The van der Waals surface area contributed by atoms with E-state index >= 15 is 0 Å². The Morgan fingerprint density at radius 1 is 1.19 bits per heavy atom. The number of hydrogen-bond donors (Lipinski definition) is 1. The van der Waals surface area contributed by atoms with E-state index in [0.717, 1.165) is 21.3 Å². The molecular weight excluding hydrogens is 332 g/mol. The van der Waals surface area contributed by atoms with Gasteiger partial charge >= 0.3 is 0 Å². The van der Waals surface area contributed by atoms with E-state index in [4.69, 9.17) is 15.3 Å². The van der Waals surface area contributed by atoms with Crippen molar-refractivity contribution in [3.63, 3.8) is 0 Å². The van der Waals surface area contributed by atoms with Crippen LogP contribution >= 0.6 is 15.9 Å².